The molecule has 0 heterocycles. The number of carbonyl (C=O) groups is 1. The van der Waals surface area contributed by atoms with Gasteiger partial charge in [-0.25, -0.2) is 4.79 Å². The highest BCUT2D eigenvalue weighted by Crippen LogP contribution is 2.15. The van der Waals surface area contributed by atoms with E-state index in [2.05, 4.69) is 13.0 Å². The van der Waals surface area contributed by atoms with Crippen LogP contribution in [0, 0.1) is 0 Å². The van der Waals surface area contributed by atoms with Gasteiger partial charge in [0, 0.05) is 6.08 Å². The van der Waals surface area contributed by atoms with E-state index in [1.807, 2.05) is 12.2 Å². The molecule has 0 atom stereocenters. The summed E-state index contributed by atoms with van der Waals surface area (Å²) in [5.74, 6) is -0.904. The van der Waals surface area contributed by atoms with Crippen molar-refractivity contribution in [2.24, 2.45) is 0 Å². The van der Waals surface area contributed by atoms with Crippen LogP contribution in [0.3, 0.4) is 0 Å². The van der Waals surface area contributed by atoms with Crippen LogP contribution in [0.5, 0.6) is 0 Å². The largest absolute Gasteiger partial charge is 0.478 e. The zero-order chi connectivity index (χ0) is 23.4. The SMILES string of the molecule is CCCCCCCCCCCCCCCCCCCCCCC/C=C/C=C\C=C\C(=O)O. The van der Waals surface area contributed by atoms with E-state index in [0.717, 1.165) is 12.5 Å². The number of aliphatic carboxylic acids is 1. The Hall–Kier alpha value is -1.31. The first-order valence-corrected chi connectivity index (χ1v) is 14.0. The first-order chi connectivity index (χ1) is 15.8. The summed E-state index contributed by atoms with van der Waals surface area (Å²) in [7, 11) is 0. The molecule has 0 aliphatic heterocycles. The summed E-state index contributed by atoms with van der Waals surface area (Å²) in [6.07, 6.45) is 41.5. The summed E-state index contributed by atoms with van der Waals surface area (Å²) < 4.78 is 0. The molecule has 0 aliphatic carbocycles. The fourth-order valence-corrected chi connectivity index (χ4v) is 4.14. The molecule has 0 aromatic heterocycles. The molecule has 0 bridgehead atoms. The van der Waals surface area contributed by atoms with Crippen LogP contribution >= 0.6 is 0 Å². The lowest BCUT2D eigenvalue weighted by Gasteiger charge is -2.04. The highest BCUT2D eigenvalue weighted by molar-refractivity contribution is 5.80. The second-order valence-corrected chi connectivity index (χ2v) is 9.37. The maximum Gasteiger partial charge on any atom is 0.328 e. The molecule has 0 aromatic carbocycles. The maximum atomic E-state index is 10.3. The van der Waals surface area contributed by atoms with Crippen molar-refractivity contribution in [3.63, 3.8) is 0 Å². The number of hydrogen-bond donors (Lipinski definition) is 1. The Morgan fingerprint density at radius 1 is 0.500 bits per heavy atom. The van der Waals surface area contributed by atoms with Gasteiger partial charge in [-0.2, -0.15) is 0 Å². The fourth-order valence-electron chi connectivity index (χ4n) is 4.14. The zero-order valence-electron chi connectivity index (χ0n) is 21.4. The molecule has 0 amide bonds. The summed E-state index contributed by atoms with van der Waals surface area (Å²) in [4.78, 5) is 10.3. The third-order valence-corrected chi connectivity index (χ3v) is 6.18. The van der Waals surface area contributed by atoms with E-state index in [-0.39, 0.29) is 0 Å². The van der Waals surface area contributed by atoms with Crippen LogP contribution in [0.4, 0.5) is 0 Å². The molecule has 0 saturated carbocycles. The Kier molecular flexibility index (Phi) is 26.6. The highest BCUT2D eigenvalue weighted by Gasteiger charge is 1.95. The molecule has 32 heavy (non-hydrogen) atoms. The summed E-state index contributed by atoms with van der Waals surface area (Å²) >= 11 is 0. The molecule has 0 rings (SSSR count). The normalized spacial score (nSPS) is 12.0. The molecule has 0 fully saturated rings. The van der Waals surface area contributed by atoms with Gasteiger partial charge in [-0.1, -0.05) is 166 Å². The van der Waals surface area contributed by atoms with Gasteiger partial charge in [-0.3, -0.25) is 0 Å². The summed E-state index contributed by atoms with van der Waals surface area (Å²) in [5.41, 5.74) is 0. The van der Waals surface area contributed by atoms with Crippen molar-refractivity contribution in [2.75, 3.05) is 0 Å². The molecule has 0 saturated heterocycles. The first-order valence-electron chi connectivity index (χ1n) is 14.0. The van der Waals surface area contributed by atoms with E-state index in [1.165, 1.54) is 135 Å². The molecule has 2 nitrogen and oxygen atoms in total. The van der Waals surface area contributed by atoms with Gasteiger partial charge in [0.1, 0.15) is 0 Å². The Morgan fingerprint density at radius 3 is 1.22 bits per heavy atom. The van der Waals surface area contributed by atoms with Crippen LogP contribution in [0.25, 0.3) is 0 Å². The lowest BCUT2D eigenvalue weighted by Crippen LogP contribution is -1.84. The van der Waals surface area contributed by atoms with Gasteiger partial charge >= 0.3 is 5.97 Å². The minimum atomic E-state index is -0.904. The number of carboxylic acid groups (broad SMARTS) is 1. The zero-order valence-corrected chi connectivity index (χ0v) is 21.4. The topological polar surface area (TPSA) is 37.3 Å². The van der Waals surface area contributed by atoms with Gasteiger partial charge < -0.3 is 5.11 Å². The van der Waals surface area contributed by atoms with Gasteiger partial charge in [-0.15, -0.1) is 0 Å². The van der Waals surface area contributed by atoms with Crippen molar-refractivity contribution in [1.82, 2.24) is 0 Å². The summed E-state index contributed by atoms with van der Waals surface area (Å²) in [5, 5.41) is 8.47. The molecule has 186 valence electrons. The van der Waals surface area contributed by atoms with Crippen LogP contribution in [0.15, 0.2) is 36.5 Å². The van der Waals surface area contributed by atoms with Gasteiger partial charge in [0.05, 0.1) is 0 Å². The smallest absolute Gasteiger partial charge is 0.328 e. The standard InChI is InChI=1S/C30H54O2/c1-2-3-4-5-6-7-8-9-10-11-12-13-14-15-16-17-18-19-20-21-22-23-24-25-26-27-28-29-30(31)32/h24-29H,2-23H2,1H3,(H,31,32)/b25-24+,27-26-,29-28+. The Bertz CT molecular complexity index is 461. The number of hydrogen-bond acceptors (Lipinski definition) is 1. The van der Waals surface area contributed by atoms with Crippen molar-refractivity contribution < 1.29 is 9.90 Å². The van der Waals surface area contributed by atoms with E-state index in [9.17, 15) is 4.79 Å². The molecular weight excluding hydrogens is 392 g/mol. The number of carboxylic acids is 1. The Morgan fingerprint density at radius 2 is 0.844 bits per heavy atom. The first kappa shape index (κ1) is 30.7. The van der Waals surface area contributed by atoms with Crippen molar-refractivity contribution in [3.8, 4) is 0 Å². The molecule has 0 aliphatic rings. The predicted octanol–water partition coefficient (Wildman–Crippen LogP) is 10.3. The van der Waals surface area contributed by atoms with Gasteiger partial charge in [0.25, 0.3) is 0 Å². The third kappa shape index (κ3) is 28.7. The molecule has 0 aromatic rings. The number of allylic oxidation sites excluding steroid dienone is 5. The van der Waals surface area contributed by atoms with Crippen molar-refractivity contribution in [3.05, 3.63) is 36.5 Å². The second kappa shape index (κ2) is 27.7. The highest BCUT2D eigenvalue weighted by atomic mass is 16.4. The van der Waals surface area contributed by atoms with E-state index >= 15 is 0 Å². The van der Waals surface area contributed by atoms with Crippen molar-refractivity contribution in [1.29, 1.82) is 0 Å². The second-order valence-electron chi connectivity index (χ2n) is 9.37. The number of rotatable bonds is 25. The third-order valence-electron chi connectivity index (χ3n) is 6.18. The Balaban J connectivity index is 3.13. The van der Waals surface area contributed by atoms with E-state index < -0.39 is 5.97 Å². The fraction of sp³-hybridized carbons (Fsp3) is 0.767. The molecule has 1 N–H and O–H groups in total. The van der Waals surface area contributed by atoms with Gasteiger partial charge in [0.15, 0.2) is 0 Å². The van der Waals surface area contributed by atoms with Crippen molar-refractivity contribution >= 4 is 5.97 Å². The van der Waals surface area contributed by atoms with Crippen LogP contribution in [-0.2, 0) is 4.79 Å². The molecule has 0 radical (unpaired) electrons. The summed E-state index contributed by atoms with van der Waals surface area (Å²) in [6, 6.07) is 0. The summed E-state index contributed by atoms with van der Waals surface area (Å²) in [6.45, 7) is 2.29. The lowest BCUT2D eigenvalue weighted by molar-refractivity contribution is -0.131. The average Bonchev–Trinajstić information content (AvgIpc) is 2.78. The van der Waals surface area contributed by atoms with Crippen LogP contribution < -0.4 is 0 Å². The molecule has 0 spiro atoms. The van der Waals surface area contributed by atoms with Gasteiger partial charge in [0.2, 0.25) is 0 Å². The minimum Gasteiger partial charge on any atom is -0.478 e. The van der Waals surface area contributed by atoms with E-state index in [4.69, 9.17) is 5.11 Å². The van der Waals surface area contributed by atoms with Gasteiger partial charge in [-0.05, 0) is 12.8 Å². The lowest BCUT2D eigenvalue weighted by atomic mass is 10.0. The Labute approximate surface area is 200 Å². The molecule has 0 unspecified atom stereocenters. The van der Waals surface area contributed by atoms with Crippen LogP contribution in [0.1, 0.15) is 148 Å². The molecule has 2 heteroatoms. The van der Waals surface area contributed by atoms with Crippen molar-refractivity contribution in [2.45, 2.75) is 148 Å². The van der Waals surface area contributed by atoms with E-state index in [0.29, 0.717) is 0 Å². The molecular formula is C30H54O2. The quantitative estimate of drug-likeness (QED) is 0.0860. The minimum absolute atomic E-state index is 0.904. The predicted molar refractivity (Wildman–Crippen MR) is 142 cm³/mol. The maximum absolute atomic E-state index is 10.3. The number of unbranched alkanes of at least 4 members (excludes halogenated alkanes) is 21. The average molecular weight is 447 g/mol. The monoisotopic (exact) mass is 446 g/mol. The van der Waals surface area contributed by atoms with E-state index in [1.54, 1.807) is 12.2 Å². The van der Waals surface area contributed by atoms with Crippen LogP contribution in [0.2, 0.25) is 0 Å². The van der Waals surface area contributed by atoms with Crippen LogP contribution in [-0.4, -0.2) is 11.1 Å².